The molecule has 3 aromatic rings. The molecule has 0 radical (unpaired) electrons. The number of pyridine rings is 1. The monoisotopic (exact) mass is 383 g/mol. The Bertz CT molecular complexity index is 1100. The summed E-state index contributed by atoms with van der Waals surface area (Å²) < 4.78 is 48.0. The molecular weight excluding hydrogens is 371 g/mol. The van der Waals surface area contributed by atoms with E-state index in [0.717, 1.165) is 4.68 Å². The lowest BCUT2D eigenvalue weighted by Crippen LogP contribution is -2.23. The second kappa shape index (κ2) is 6.42. The quantitative estimate of drug-likeness (QED) is 0.732. The van der Waals surface area contributed by atoms with Crippen LogP contribution in [-0.4, -0.2) is 14.8 Å². The molecule has 9 heteroatoms. The first-order chi connectivity index (χ1) is 13.4. The summed E-state index contributed by atoms with van der Waals surface area (Å²) in [4.78, 5) is 3.96. The van der Waals surface area contributed by atoms with Gasteiger partial charge in [-0.1, -0.05) is 24.3 Å². The van der Waals surface area contributed by atoms with Crippen LogP contribution < -0.4 is 10.5 Å². The summed E-state index contributed by atoms with van der Waals surface area (Å²) in [6.45, 7) is 0. The number of allylic oxidation sites excluding steroid dienone is 1. The molecule has 1 atom stereocenters. The van der Waals surface area contributed by atoms with Gasteiger partial charge in [-0.25, -0.2) is 0 Å². The van der Waals surface area contributed by atoms with Crippen LogP contribution in [0.15, 0.2) is 66.3 Å². The Morgan fingerprint density at radius 2 is 1.89 bits per heavy atom. The van der Waals surface area contributed by atoms with Crippen LogP contribution in [0.25, 0.3) is 5.69 Å². The molecule has 28 heavy (non-hydrogen) atoms. The summed E-state index contributed by atoms with van der Waals surface area (Å²) in [5.41, 5.74) is 5.10. The molecule has 3 heterocycles. The van der Waals surface area contributed by atoms with Gasteiger partial charge in [-0.05, 0) is 23.8 Å². The van der Waals surface area contributed by atoms with Crippen LogP contribution in [-0.2, 0) is 6.18 Å². The molecule has 1 aliphatic rings. The van der Waals surface area contributed by atoms with E-state index in [1.165, 1.54) is 12.4 Å². The van der Waals surface area contributed by atoms with Gasteiger partial charge in [0.1, 0.15) is 11.6 Å². The van der Waals surface area contributed by atoms with Gasteiger partial charge in [-0.3, -0.25) is 4.98 Å². The zero-order valence-corrected chi connectivity index (χ0v) is 14.2. The maximum atomic E-state index is 13.8. The van der Waals surface area contributed by atoms with Crippen molar-refractivity contribution < 1.29 is 17.9 Å². The summed E-state index contributed by atoms with van der Waals surface area (Å²) in [6, 6.07) is 13.3. The highest BCUT2D eigenvalue weighted by Crippen LogP contribution is 2.48. The van der Waals surface area contributed by atoms with Crippen molar-refractivity contribution in [3.8, 4) is 17.6 Å². The molecule has 6 nitrogen and oxygen atoms in total. The van der Waals surface area contributed by atoms with Crippen LogP contribution in [0.3, 0.4) is 0 Å². The van der Waals surface area contributed by atoms with Gasteiger partial charge in [0, 0.05) is 12.4 Å². The smallest absolute Gasteiger partial charge is 0.422 e. The van der Waals surface area contributed by atoms with Crippen LogP contribution in [0.4, 0.5) is 13.2 Å². The van der Waals surface area contributed by atoms with E-state index in [-0.39, 0.29) is 22.9 Å². The Hall–Kier alpha value is -3.80. The zero-order valence-electron chi connectivity index (χ0n) is 14.2. The van der Waals surface area contributed by atoms with Crippen LogP contribution in [0.2, 0.25) is 0 Å². The third-order valence-corrected chi connectivity index (χ3v) is 4.33. The van der Waals surface area contributed by atoms with E-state index < -0.39 is 17.8 Å². The Balaban J connectivity index is 2.05. The molecule has 140 valence electrons. The van der Waals surface area contributed by atoms with E-state index in [9.17, 15) is 18.4 Å². The summed E-state index contributed by atoms with van der Waals surface area (Å²) >= 11 is 0. The standard InChI is InChI=1S/C19H12F3N5O/c20-19(21,22)16-15-14(11-5-4-8-25-10-11)13(9-23)17(24)28-18(15)27(26-16)12-6-2-1-3-7-12/h1-8,10,14H,24H2/t14-/m1/s1. The second-order valence-corrected chi connectivity index (χ2v) is 6.02. The first kappa shape index (κ1) is 17.6. The predicted octanol–water partition coefficient (Wildman–Crippen LogP) is 3.50. The first-order valence-electron chi connectivity index (χ1n) is 8.15. The Kier molecular flexibility index (Phi) is 4.04. The van der Waals surface area contributed by atoms with Crippen molar-refractivity contribution in [2.45, 2.75) is 12.1 Å². The number of ether oxygens (including phenoxy) is 1. The van der Waals surface area contributed by atoms with Crippen molar-refractivity contribution in [2.24, 2.45) is 5.73 Å². The summed E-state index contributed by atoms with van der Waals surface area (Å²) in [6.07, 6.45) is -1.88. The summed E-state index contributed by atoms with van der Waals surface area (Å²) in [5.74, 6) is -1.55. The van der Waals surface area contributed by atoms with Crippen LogP contribution >= 0.6 is 0 Å². The molecule has 0 spiro atoms. The summed E-state index contributed by atoms with van der Waals surface area (Å²) in [7, 11) is 0. The topological polar surface area (TPSA) is 89.8 Å². The van der Waals surface area contributed by atoms with Crippen molar-refractivity contribution in [1.29, 1.82) is 5.26 Å². The van der Waals surface area contributed by atoms with Gasteiger partial charge in [-0.15, -0.1) is 0 Å². The molecular formula is C19H12F3N5O. The number of fused-ring (bicyclic) bond motifs is 1. The van der Waals surface area contributed by atoms with Gasteiger partial charge in [0.2, 0.25) is 11.8 Å². The number of halogens is 3. The van der Waals surface area contributed by atoms with Crippen molar-refractivity contribution in [3.05, 3.63) is 83.1 Å². The van der Waals surface area contributed by atoms with E-state index in [1.807, 2.05) is 6.07 Å². The highest BCUT2D eigenvalue weighted by Gasteiger charge is 2.46. The van der Waals surface area contributed by atoms with Gasteiger partial charge in [0.15, 0.2) is 5.69 Å². The Morgan fingerprint density at radius 1 is 1.14 bits per heavy atom. The molecule has 0 unspecified atom stereocenters. The third-order valence-electron chi connectivity index (χ3n) is 4.33. The number of hydrogen-bond donors (Lipinski definition) is 1. The minimum Gasteiger partial charge on any atom is -0.422 e. The molecule has 0 saturated carbocycles. The number of alkyl halides is 3. The molecule has 1 aromatic carbocycles. The number of benzene rings is 1. The van der Waals surface area contributed by atoms with Crippen LogP contribution in [0, 0.1) is 11.3 Å². The van der Waals surface area contributed by atoms with Gasteiger partial charge in [0.25, 0.3) is 0 Å². The van der Waals surface area contributed by atoms with Gasteiger partial charge < -0.3 is 10.5 Å². The first-order valence-corrected chi connectivity index (χ1v) is 8.15. The fourth-order valence-electron chi connectivity index (χ4n) is 3.17. The Labute approximate surface area is 157 Å². The van der Waals surface area contributed by atoms with E-state index in [1.54, 1.807) is 42.5 Å². The van der Waals surface area contributed by atoms with E-state index >= 15 is 0 Å². The molecule has 1 aliphatic heterocycles. The number of nitriles is 1. The number of nitrogens with two attached hydrogens (primary N) is 1. The molecule has 0 amide bonds. The lowest BCUT2D eigenvalue weighted by atomic mass is 9.84. The lowest BCUT2D eigenvalue weighted by Gasteiger charge is -2.25. The maximum Gasteiger partial charge on any atom is 0.435 e. The number of hydrogen-bond acceptors (Lipinski definition) is 5. The maximum absolute atomic E-state index is 13.8. The zero-order chi connectivity index (χ0) is 19.9. The van der Waals surface area contributed by atoms with Crippen molar-refractivity contribution in [2.75, 3.05) is 0 Å². The highest BCUT2D eigenvalue weighted by atomic mass is 19.4. The molecule has 0 aliphatic carbocycles. The molecule has 2 aromatic heterocycles. The molecule has 0 fully saturated rings. The average Bonchev–Trinajstić information content (AvgIpc) is 3.07. The molecule has 2 N–H and O–H groups in total. The predicted molar refractivity (Wildman–Crippen MR) is 92.1 cm³/mol. The number of nitrogens with zero attached hydrogens (tertiary/aromatic N) is 4. The van der Waals surface area contributed by atoms with Gasteiger partial charge in [-0.2, -0.15) is 28.2 Å². The molecule has 0 bridgehead atoms. The van der Waals surface area contributed by atoms with Crippen molar-refractivity contribution >= 4 is 0 Å². The largest absolute Gasteiger partial charge is 0.435 e. The molecule has 4 rings (SSSR count). The van der Waals surface area contributed by atoms with Crippen molar-refractivity contribution in [3.63, 3.8) is 0 Å². The van der Waals surface area contributed by atoms with E-state index in [2.05, 4.69) is 10.1 Å². The minimum absolute atomic E-state index is 0.126. The fraction of sp³-hybridized carbons (Fsp3) is 0.105. The third kappa shape index (κ3) is 2.75. The average molecular weight is 383 g/mol. The normalized spacial score (nSPS) is 16.3. The second-order valence-electron chi connectivity index (χ2n) is 6.02. The fourth-order valence-corrected chi connectivity index (χ4v) is 3.17. The Morgan fingerprint density at radius 3 is 2.50 bits per heavy atom. The SMILES string of the molecule is N#CC1=C(N)Oc2c(c(C(F)(F)F)nn2-c2ccccc2)[C@@H]1c1cccnc1. The molecule has 0 saturated heterocycles. The summed E-state index contributed by atoms with van der Waals surface area (Å²) in [5, 5.41) is 13.3. The van der Waals surface area contributed by atoms with Crippen molar-refractivity contribution in [1.82, 2.24) is 14.8 Å². The number of rotatable bonds is 2. The number of aromatic nitrogens is 3. The van der Waals surface area contributed by atoms with Gasteiger partial charge >= 0.3 is 6.18 Å². The van der Waals surface area contributed by atoms with Crippen LogP contribution in [0.1, 0.15) is 22.7 Å². The minimum atomic E-state index is -4.76. The lowest BCUT2D eigenvalue weighted by molar-refractivity contribution is -0.142. The van der Waals surface area contributed by atoms with E-state index in [0.29, 0.717) is 11.3 Å². The van der Waals surface area contributed by atoms with E-state index in [4.69, 9.17) is 10.5 Å². The number of para-hydroxylation sites is 1. The van der Waals surface area contributed by atoms with Crippen LogP contribution in [0.5, 0.6) is 5.88 Å². The van der Waals surface area contributed by atoms with Gasteiger partial charge in [0.05, 0.1) is 17.2 Å². The highest BCUT2D eigenvalue weighted by molar-refractivity contribution is 5.57.